The lowest BCUT2D eigenvalue weighted by molar-refractivity contribution is -0.0184. The summed E-state index contributed by atoms with van der Waals surface area (Å²) in [5.74, 6) is -6.87. The van der Waals surface area contributed by atoms with Crippen LogP contribution in [0.25, 0.3) is 0 Å². The average molecular weight is 223 g/mol. The van der Waals surface area contributed by atoms with Crippen molar-refractivity contribution < 1.29 is 17.6 Å². The molecule has 2 unspecified atom stereocenters. The molecule has 0 spiro atoms. The first-order valence-corrected chi connectivity index (χ1v) is 5.05. The Morgan fingerprint density at radius 1 is 0.867 bits per heavy atom. The van der Waals surface area contributed by atoms with E-state index in [0.717, 1.165) is 0 Å². The van der Waals surface area contributed by atoms with Crippen LogP contribution in [0.2, 0.25) is 0 Å². The molecule has 1 aliphatic heterocycles. The molecular formula is C10H13F4N. The van der Waals surface area contributed by atoms with Crippen LogP contribution in [0.1, 0.15) is 12.8 Å². The highest BCUT2D eigenvalue weighted by molar-refractivity contribution is 5.07. The number of halogens is 4. The molecular weight excluding hydrogens is 210 g/mol. The fourth-order valence-corrected chi connectivity index (χ4v) is 2.34. The summed E-state index contributed by atoms with van der Waals surface area (Å²) in [6.45, 7) is 0.842. The predicted octanol–water partition coefficient (Wildman–Crippen LogP) is 2.44. The maximum atomic E-state index is 13.2. The molecule has 0 aromatic carbocycles. The third-order valence-electron chi connectivity index (χ3n) is 3.12. The quantitative estimate of drug-likeness (QED) is 0.491. The Kier molecular flexibility index (Phi) is 2.53. The van der Waals surface area contributed by atoms with E-state index in [1.807, 2.05) is 0 Å². The second-order valence-corrected chi connectivity index (χ2v) is 4.44. The highest BCUT2D eigenvalue weighted by atomic mass is 19.3. The van der Waals surface area contributed by atoms with Crippen molar-refractivity contribution >= 4 is 0 Å². The highest BCUT2D eigenvalue weighted by Crippen LogP contribution is 2.40. The van der Waals surface area contributed by atoms with Gasteiger partial charge in [-0.3, -0.25) is 0 Å². The monoisotopic (exact) mass is 223 g/mol. The second kappa shape index (κ2) is 3.47. The minimum Gasteiger partial charge on any atom is -0.316 e. The zero-order valence-electron chi connectivity index (χ0n) is 8.15. The first-order valence-electron chi connectivity index (χ1n) is 5.05. The van der Waals surface area contributed by atoms with E-state index in [9.17, 15) is 17.6 Å². The van der Waals surface area contributed by atoms with Crippen molar-refractivity contribution in [3.63, 3.8) is 0 Å². The van der Waals surface area contributed by atoms with Crippen molar-refractivity contribution in [2.24, 2.45) is 11.8 Å². The van der Waals surface area contributed by atoms with Gasteiger partial charge in [0.1, 0.15) is 0 Å². The summed E-state index contributed by atoms with van der Waals surface area (Å²) in [6, 6.07) is 0. The number of allylic oxidation sites excluding steroid dienone is 2. The van der Waals surface area contributed by atoms with Gasteiger partial charge >= 0.3 is 0 Å². The van der Waals surface area contributed by atoms with Gasteiger partial charge in [0.15, 0.2) is 0 Å². The highest BCUT2D eigenvalue weighted by Gasteiger charge is 2.43. The first kappa shape index (κ1) is 10.9. The maximum absolute atomic E-state index is 13.2. The van der Waals surface area contributed by atoms with Gasteiger partial charge in [0.05, 0.1) is 0 Å². The standard InChI is InChI=1S/C10H13F4N/c11-9(12)1-2-10(13,14)4-8-6-15-5-7(8)3-9/h1-2,7-8,15H,3-6H2. The normalized spacial score (nSPS) is 38.1. The van der Waals surface area contributed by atoms with Gasteiger partial charge in [-0.15, -0.1) is 0 Å². The number of rotatable bonds is 0. The molecule has 1 heterocycles. The molecule has 0 aromatic heterocycles. The lowest BCUT2D eigenvalue weighted by Gasteiger charge is -2.27. The molecule has 0 saturated carbocycles. The molecule has 0 bridgehead atoms. The molecule has 1 saturated heterocycles. The molecule has 15 heavy (non-hydrogen) atoms. The van der Waals surface area contributed by atoms with Crippen molar-refractivity contribution in [1.29, 1.82) is 0 Å². The maximum Gasteiger partial charge on any atom is 0.267 e. The van der Waals surface area contributed by atoms with E-state index in [1.54, 1.807) is 0 Å². The van der Waals surface area contributed by atoms with Gasteiger partial charge in [-0.05, 0) is 37.1 Å². The Hall–Kier alpha value is -0.580. The van der Waals surface area contributed by atoms with E-state index in [4.69, 9.17) is 0 Å². The van der Waals surface area contributed by atoms with Crippen LogP contribution < -0.4 is 5.32 Å². The minimum absolute atomic E-state index is 0.322. The minimum atomic E-state index is -3.10. The largest absolute Gasteiger partial charge is 0.316 e. The number of nitrogens with one attached hydrogen (secondary N) is 1. The van der Waals surface area contributed by atoms with Gasteiger partial charge in [-0.25, -0.2) is 17.6 Å². The number of hydrogen-bond donors (Lipinski definition) is 1. The fraction of sp³-hybridized carbons (Fsp3) is 0.800. The van der Waals surface area contributed by atoms with Crippen LogP contribution >= 0.6 is 0 Å². The molecule has 1 aliphatic carbocycles. The topological polar surface area (TPSA) is 12.0 Å². The van der Waals surface area contributed by atoms with Crippen LogP contribution in [0.3, 0.4) is 0 Å². The molecule has 0 radical (unpaired) electrons. The number of alkyl halides is 4. The van der Waals surface area contributed by atoms with E-state index < -0.39 is 11.8 Å². The van der Waals surface area contributed by atoms with Gasteiger partial charge in [-0.1, -0.05) is 0 Å². The zero-order chi connectivity index (χ0) is 11.1. The van der Waals surface area contributed by atoms with Crippen LogP contribution in [0.5, 0.6) is 0 Å². The Morgan fingerprint density at radius 3 is 1.67 bits per heavy atom. The molecule has 5 heteroatoms. The average Bonchev–Trinajstić information content (AvgIpc) is 2.47. The summed E-state index contributed by atoms with van der Waals surface area (Å²) >= 11 is 0. The fourth-order valence-electron chi connectivity index (χ4n) is 2.34. The van der Waals surface area contributed by atoms with E-state index in [-0.39, 0.29) is 24.7 Å². The molecule has 2 atom stereocenters. The van der Waals surface area contributed by atoms with Crippen LogP contribution in [-0.4, -0.2) is 24.9 Å². The number of fused-ring (bicyclic) bond motifs is 1. The Labute approximate surface area is 85.5 Å². The summed E-state index contributed by atoms with van der Waals surface area (Å²) < 4.78 is 52.7. The van der Waals surface area contributed by atoms with Gasteiger partial charge in [-0.2, -0.15) is 0 Å². The van der Waals surface area contributed by atoms with Crippen LogP contribution in [0.15, 0.2) is 12.2 Å². The van der Waals surface area contributed by atoms with Crippen molar-refractivity contribution in [3.8, 4) is 0 Å². The van der Waals surface area contributed by atoms with Crippen molar-refractivity contribution in [2.75, 3.05) is 13.1 Å². The van der Waals surface area contributed by atoms with Crippen molar-refractivity contribution in [1.82, 2.24) is 5.32 Å². The van der Waals surface area contributed by atoms with E-state index in [0.29, 0.717) is 25.2 Å². The van der Waals surface area contributed by atoms with Crippen molar-refractivity contribution in [2.45, 2.75) is 24.7 Å². The van der Waals surface area contributed by atoms with E-state index in [2.05, 4.69) is 5.32 Å². The molecule has 1 fully saturated rings. The Bertz CT molecular complexity index is 249. The van der Waals surface area contributed by atoms with E-state index in [1.165, 1.54) is 0 Å². The third-order valence-corrected chi connectivity index (χ3v) is 3.12. The molecule has 1 N–H and O–H groups in total. The summed E-state index contributed by atoms with van der Waals surface area (Å²) in [5.41, 5.74) is 0. The summed E-state index contributed by atoms with van der Waals surface area (Å²) in [4.78, 5) is 0. The van der Waals surface area contributed by atoms with Gasteiger partial charge < -0.3 is 5.32 Å². The molecule has 2 rings (SSSR count). The van der Waals surface area contributed by atoms with Gasteiger partial charge in [0, 0.05) is 12.8 Å². The Morgan fingerprint density at radius 2 is 1.27 bits per heavy atom. The first-order chi connectivity index (χ1) is 6.88. The third kappa shape index (κ3) is 2.51. The number of hydrogen-bond acceptors (Lipinski definition) is 1. The molecule has 2 aliphatic rings. The smallest absolute Gasteiger partial charge is 0.267 e. The predicted molar refractivity (Wildman–Crippen MR) is 48.1 cm³/mol. The van der Waals surface area contributed by atoms with Gasteiger partial charge in [0.25, 0.3) is 11.8 Å². The molecule has 0 amide bonds. The van der Waals surface area contributed by atoms with Gasteiger partial charge in [0.2, 0.25) is 0 Å². The summed E-state index contributed by atoms with van der Waals surface area (Å²) in [7, 11) is 0. The molecule has 86 valence electrons. The second-order valence-electron chi connectivity index (χ2n) is 4.44. The summed E-state index contributed by atoms with van der Waals surface area (Å²) in [5, 5.41) is 2.90. The van der Waals surface area contributed by atoms with Crippen LogP contribution in [0, 0.1) is 11.8 Å². The van der Waals surface area contributed by atoms with E-state index >= 15 is 0 Å². The SMILES string of the molecule is FC1(F)C=CC(F)(F)CC2CNCC2C1. The summed E-state index contributed by atoms with van der Waals surface area (Å²) in [6.07, 6.45) is 0.0809. The van der Waals surface area contributed by atoms with Crippen LogP contribution in [0.4, 0.5) is 17.6 Å². The van der Waals surface area contributed by atoms with Crippen molar-refractivity contribution in [3.05, 3.63) is 12.2 Å². The lowest BCUT2D eigenvalue weighted by Crippen LogP contribution is -2.31. The molecule has 1 nitrogen and oxygen atoms in total. The van der Waals surface area contributed by atoms with Crippen LogP contribution in [-0.2, 0) is 0 Å². The Balaban J connectivity index is 2.23. The molecule has 0 aromatic rings. The zero-order valence-corrected chi connectivity index (χ0v) is 8.15. The lowest BCUT2D eigenvalue weighted by atomic mass is 9.84.